The topological polar surface area (TPSA) is 52.6 Å². The van der Waals surface area contributed by atoms with Crippen molar-refractivity contribution in [2.75, 3.05) is 26.1 Å². The molecule has 0 amide bonds. The summed E-state index contributed by atoms with van der Waals surface area (Å²) in [5.74, 6) is -0.383. The van der Waals surface area contributed by atoms with Crippen LogP contribution in [0, 0.1) is 0 Å². The Morgan fingerprint density at radius 3 is 2.69 bits per heavy atom. The summed E-state index contributed by atoms with van der Waals surface area (Å²) in [6.45, 7) is 1.30. The molecule has 1 aliphatic heterocycles. The van der Waals surface area contributed by atoms with E-state index in [0.717, 1.165) is 12.8 Å². The Bertz CT molecular complexity index is 198. The highest BCUT2D eigenvalue weighted by Gasteiger charge is 2.22. The molecule has 1 heterocycles. The van der Waals surface area contributed by atoms with Crippen molar-refractivity contribution in [3.05, 3.63) is 0 Å². The van der Waals surface area contributed by atoms with Crippen LogP contribution in [0.5, 0.6) is 0 Å². The maximum atomic E-state index is 11.5. The minimum absolute atomic E-state index is 0.0150. The van der Waals surface area contributed by atoms with Gasteiger partial charge >= 0.3 is 5.97 Å². The third-order valence-electron chi connectivity index (χ3n) is 2.03. The largest absolute Gasteiger partial charge is 0.468 e. The average molecular weight is 206 g/mol. The highest BCUT2D eigenvalue weighted by Crippen LogP contribution is 2.13. The minimum Gasteiger partial charge on any atom is -0.468 e. The van der Waals surface area contributed by atoms with Gasteiger partial charge in [0.1, 0.15) is 5.75 Å². The van der Waals surface area contributed by atoms with Crippen molar-refractivity contribution in [1.29, 1.82) is 0 Å². The fourth-order valence-electron chi connectivity index (χ4n) is 1.23. The first-order valence-electron chi connectivity index (χ1n) is 4.25. The van der Waals surface area contributed by atoms with Gasteiger partial charge in [-0.1, -0.05) is 0 Å². The molecule has 0 spiro atoms. The van der Waals surface area contributed by atoms with Gasteiger partial charge in [0.2, 0.25) is 0 Å². The molecule has 0 aromatic carbocycles. The molecule has 1 unspecified atom stereocenters. The molecule has 0 radical (unpaired) electrons. The summed E-state index contributed by atoms with van der Waals surface area (Å²) in [4.78, 5) is 10.8. The summed E-state index contributed by atoms with van der Waals surface area (Å²) >= 11 is 0. The number of carbonyl (C=O) groups is 1. The molecular formula is C8H14O4S. The van der Waals surface area contributed by atoms with Crippen LogP contribution in [0.15, 0.2) is 0 Å². The third kappa shape index (κ3) is 3.44. The molecule has 1 atom stereocenters. The van der Waals surface area contributed by atoms with Crippen molar-refractivity contribution in [3.63, 3.8) is 0 Å². The first-order chi connectivity index (χ1) is 6.24. The minimum atomic E-state index is -1.09. The van der Waals surface area contributed by atoms with Gasteiger partial charge in [-0.05, 0) is 12.8 Å². The number of rotatable bonds is 3. The lowest BCUT2D eigenvalue weighted by molar-refractivity contribution is -0.137. The van der Waals surface area contributed by atoms with Crippen LogP contribution < -0.4 is 0 Å². The predicted octanol–water partition coefficient (Wildman–Crippen LogP) is 0.0871. The lowest BCUT2D eigenvalue weighted by Crippen LogP contribution is -2.28. The van der Waals surface area contributed by atoms with Crippen LogP contribution in [0.25, 0.3) is 0 Å². The normalized spacial score (nSPS) is 21.0. The SMILES string of the molecule is COC(=O)CS(=O)C1CCOCC1. The molecule has 1 rings (SSSR count). The quantitative estimate of drug-likeness (QED) is 0.614. The molecule has 13 heavy (non-hydrogen) atoms. The van der Waals surface area contributed by atoms with Crippen molar-refractivity contribution >= 4 is 16.8 Å². The fraction of sp³-hybridized carbons (Fsp3) is 0.875. The Hall–Kier alpha value is -0.420. The van der Waals surface area contributed by atoms with E-state index in [2.05, 4.69) is 4.74 Å². The van der Waals surface area contributed by atoms with Gasteiger partial charge in [-0.2, -0.15) is 0 Å². The first-order valence-corrected chi connectivity index (χ1v) is 5.64. The van der Waals surface area contributed by atoms with E-state index in [4.69, 9.17) is 4.74 Å². The van der Waals surface area contributed by atoms with E-state index in [-0.39, 0.29) is 11.0 Å². The van der Waals surface area contributed by atoms with Gasteiger partial charge in [-0.3, -0.25) is 9.00 Å². The van der Waals surface area contributed by atoms with E-state index in [9.17, 15) is 9.00 Å². The third-order valence-corrected chi connectivity index (χ3v) is 3.76. The zero-order valence-electron chi connectivity index (χ0n) is 7.65. The Labute approximate surface area is 80.1 Å². The Kier molecular flexibility index (Phi) is 4.38. The summed E-state index contributed by atoms with van der Waals surface area (Å²) in [6, 6.07) is 0. The monoisotopic (exact) mass is 206 g/mol. The van der Waals surface area contributed by atoms with Crippen molar-refractivity contribution in [2.24, 2.45) is 0 Å². The van der Waals surface area contributed by atoms with Crippen LogP contribution in [0.3, 0.4) is 0 Å². The maximum Gasteiger partial charge on any atom is 0.318 e. The highest BCUT2D eigenvalue weighted by atomic mass is 32.2. The van der Waals surface area contributed by atoms with Gasteiger partial charge in [-0.15, -0.1) is 0 Å². The zero-order valence-corrected chi connectivity index (χ0v) is 8.47. The van der Waals surface area contributed by atoms with Crippen LogP contribution in [0.1, 0.15) is 12.8 Å². The summed E-state index contributed by atoms with van der Waals surface area (Å²) in [5, 5.41) is 0.104. The Morgan fingerprint density at radius 1 is 1.54 bits per heavy atom. The highest BCUT2D eigenvalue weighted by molar-refractivity contribution is 7.86. The van der Waals surface area contributed by atoms with E-state index >= 15 is 0 Å². The van der Waals surface area contributed by atoms with Crippen molar-refractivity contribution < 1.29 is 18.5 Å². The summed E-state index contributed by atoms with van der Waals surface area (Å²) < 4.78 is 21.1. The second-order valence-corrected chi connectivity index (χ2v) is 4.63. The predicted molar refractivity (Wildman–Crippen MR) is 48.9 cm³/mol. The molecule has 0 N–H and O–H groups in total. The smallest absolute Gasteiger partial charge is 0.318 e. The summed E-state index contributed by atoms with van der Waals surface area (Å²) in [6.07, 6.45) is 1.56. The molecule has 1 fully saturated rings. The molecule has 0 bridgehead atoms. The first kappa shape index (κ1) is 10.7. The molecule has 1 aliphatic rings. The van der Waals surface area contributed by atoms with Gasteiger partial charge in [0.25, 0.3) is 0 Å². The zero-order chi connectivity index (χ0) is 9.68. The standard InChI is InChI=1S/C8H14O4S/c1-11-8(9)6-13(10)7-2-4-12-5-3-7/h7H,2-6H2,1H3. The molecule has 0 aromatic rings. The van der Waals surface area contributed by atoms with Crippen LogP contribution >= 0.6 is 0 Å². The molecule has 0 saturated carbocycles. The summed E-state index contributed by atoms with van der Waals surface area (Å²) in [7, 11) is 0.218. The molecule has 0 aromatic heterocycles. The number of ether oxygens (including phenoxy) is 2. The number of esters is 1. The number of carbonyl (C=O) groups excluding carboxylic acids is 1. The second-order valence-electron chi connectivity index (χ2n) is 2.91. The van der Waals surface area contributed by atoms with Gasteiger partial charge in [0.05, 0.1) is 7.11 Å². The Morgan fingerprint density at radius 2 is 2.15 bits per heavy atom. The Balaban J connectivity index is 2.33. The van der Waals surface area contributed by atoms with E-state index in [0.29, 0.717) is 13.2 Å². The molecule has 5 heteroatoms. The van der Waals surface area contributed by atoms with E-state index in [1.165, 1.54) is 7.11 Å². The molecule has 1 saturated heterocycles. The lowest BCUT2D eigenvalue weighted by atomic mass is 10.2. The van der Waals surface area contributed by atoms with Gasteiger partial charge in [0.15, 0.2) is 0 Å². The lowest BCUT2D eigenvalue weighted by Gasteiger charge is -2.20. The van der Waals surface area contributed by atoms with Gasteiger partial charge in [0, 0.05) is 29.3 Å². The van der Waals surface area contributed by atoms with Gasteiger partial charge in [-0.25, -0.2) is 0 Å². The molecule has 76 valence electrons. The van der Waals surface area contributed by atoms with Crippen molar-refractivity contribution in [1.82, 2.24) is 0 Å². The number of hydrogen-bond donors (Lipinski definition) is 0. The molecular weight excluding hydrogens is 192 g/mol. The summed E-state index contributed by atoms with van der Waals surface area (Å²) in [5.41, 5.74) is 0. The van der Waals surface area contributed by atoms with Crippen LogP contribution in [-0.2, 0) is 25.1 Å². The van der Waals surface area contributed by atoms with Crippen LogP contribution in [0.2, 0.25) is 0 Å². The maximum absolute atomic E-state index is 11.5. The van der Waals surface area contributed by atoms with Crippen molar-refractivity contribution in [2.45, 2.75) is 18.1 Å². The molecule has 4 nitrogen and oxygen atoms in total. The molecule has 0 aliphatic carbocycles. The fourth-order valence-corrected chi connectivity index (χ4v) is 2.54. The van der Waals surface area contributed by atoms with E-state index < -0.39 is 16.8 Å². The average Bonchev–Trinajstić information content (AvgIpc) is 2.19. The van der Waals surface area contributed by atoms with E-state index in [1.807, 2.05) is 0 Å². The van der Waals surface area contributed by atoms with Crippen LogP contribution in [-0.4, -0.2) is 41.5 Å². The number of methoxy groups -OCH3 is 1. The van der Waals surface area contributed by atoms with Gasteiger partial charge < -0.3 is 9.47 Å². The van der Waals surface area contributed by atoms with Crippen LogP contribution in [0.4, 0.5) is 0 Å². The van der Waals surface area contributed by atoms with E-state index in [1.54, 1.807) is 0 Å². The van der Waals surface area contributed by atoms with Crippen molar-refractivity contribution in [3.8, 4) is 0 Å². The second kappa shape index (κ2) is 5.34. The number of hydrogen-bond acceptors (Lipinski definition) is 4.